The summed E-state index contributed by atoms with van der Waals surface area (Å²) in [6.45, 7) is 0.382. The number of nitrogens with zero attached hydrogens (tertiary/aromatic N) is 2. The van der Waals surface area contributed by atoms with Gasteiger partial charge in [-0.25, -0.2) is 4.98 Å². The van der Waals surface area contributed by atoms with Crippen molar-refractivity contribution in [1.82, 2.24) is 9.55 Å². The van der Waals surface area contributed by atoms with E-state index in [0.29, 0.717) is 6.42 Å². The van der Waals surface area contributed by atoms with Gasteiger partial charge in [-0.3, -0.25) is 0 Å². The van der Waals surface area contributed by atoms with Gasteiger partial charge in [-0.1, -0.05) is 0 Å². The van der Waals surface area contributed by atoms with Crippen LogP contribution in [-0.2, 0) is 13.5 Å². The number of imidazole rings is 1. The normalized spacial score (nSPS) is 13.0. The van der Waals surface area contributed by atoms with E-state index in [1.165, 1.54) is 0 Å². The van der Waals surface area contributed by atoms with Crippen LogP contribution in [0, 0.1) is 0 Å². The van der Waals surface area contributed by atoms with Gasteiger partial charge >= 0.3 is 0 Å². The van der Waals surface area contributed by atoms with E-state index in [2.05, 4.69) is 4.98 Å². The molecule has 1 aliphatic heterocycles. The zero-order valence-corrected chi connectivity index (χ0v) is 10.1. The van der Waals surface area contributed by atoms with Crippen LogP contribution >= 0.6 is 0 Å². The first-order valence-electron chi connectivity index (χ1n) is 5.81. The average Bonchev–Trinajstić information content (AvgIpc) is 2.95. The Morgan fingerprint density at radius 1 is 1.33 bits per heavy atom. The van der Waals surface area contributed by atoms with E-state index in [-0.39, 0.29) is 13.4 Å². The van der Waals surface area contributed by atoms with Crippen molar-refractivity contribution in [2.24, 2.45) is 7.05 Å². The molecule has 1 aromatic carbocycles. The van der Waals surface area contributed by atoms with E-state index in [0.717, 1.165) is 28.6 Å². The number of aromatic nitrogens is 2. The van der Waals surface area contributed by atoms with E-state index >= 15 is 0 Å². The van der Waals surface area contributed by atoms with E-state index in [1.54, 1.807) is 0 Å². The largest absolute Gasteiger partial charge is 0.454 e. The number of hydrogen-bond acceptors (Lipinski definition) is 4. The number of benzene rings is 1. The molecule has 3 rings (SSSR count). The Hall–Kier alpha value is -2.01. The van der Waals surface area contributed by atoms with Crippen molar-refractivity contribution >= 4 is 0 Å². The summed E-state index contributed by atoms with van der Waals surface area (Å²) in [5.74, 6) is 2.37. The molecule has 0 unspecified atom stereocenters. The molecule has 0 fully saturated rings. The topological polar surface area (TPSA) is 56.5 Å². The Kier molecular flexibility index (Phi) is 2.68. The minimum Gasteiger partial charge on any atom is -0.454 e. The average molecular weight is 246 g/mol. The molecule has 0 saturated heterocycles. The zero-order valence-electron chi connectivity index (χ0n) is 10.1. The summed E-state index contributed by atoms with van der Waals surface area (Å²) in [7, 11) is 1.94. The lowest BCUT2D eigenvalue weighted by Gasteiger charge is -2.02. The van der Waals surface area contributed by atoms with Gasteiger partial charge in [0.1, 0.15) is 5.82 Å². The molecule has 1 aliphatic rings. The lowest BCUT2D eigenvalue weighted by atomic mass is 10.2. The van der Waals surface area contributed by atoms with Crippen molar-refractivity contribution in [1.29, 1.82) is 0 Å². The van der Waals surface area contributed by atoms with Crippen LogP contribution in [0.4, 0.5) is 0 Å². The molecule has 0 spiro atoms. The number of fused-ring (bicyclic) bond motifs is 1. The Morgan fingerprint density at radius 3 is 3.00 bits per heavy atom. The molecule has 1 N–H and O–H groups in total. The lowest BCUT2D eigenvalue weighted by Crippen LogP contribution is -1.93. The molecule has 5 heteroatoms. The van der Waals surface area contributed by atoms with Crippen LogP contribution in [0.2, 0.25) is 0 Å². The highest BCUT2D eigenvalue weighted by Gasteiger charge is 2.16. The second-order valence-electron chi connectivity index (χ2n) is 4.21. The maximum absolute atomic E-state index is 8.93. The molecule has 0 radical (unpaired) electrons. The summed E-state index contributed by atoms with van der Waals surface area (Å²) < 4.78 is 12.6. The monoisotopic (exact) mass is 246 g/mol. The second kappa shape index (κ2) is 4.34. The molecule has 0 aliphatic carbocycles. The van der Waals surface area contributed by atoms with Crippen LogP contribution in [0.25, 0.3) is 11.4 Å². The fourth-order valence-corrected chi connectivity index (χ4v) is 2.07. The van der Waals surface area contributed by atoms with Gasteiger partial charge in [0.25, 0.3) is 0 Å². The van der Waals surface area contributed by atoms with Crippen LogP contribution < -0.4 is 9.47 Å². The number of aliphatic hydroxyl groups excluding tert-OH is 1. The van der Waals surface area contributed by atoms with Gasteiger partial charge in [-0.05, 0) is 18.2 Å². The highest BCUT2D eigenvalue weighted by molar-refractivity contribution is 5.62. The fourth-order valence-electron chi connectivity index (χ4n) is 2.07. The Balaban J connectivity index is 1.99. The number of hydrogen-bond donors (Lipinski definition) is 1. The minimum atomic E-state index is 0.109. The third kappa shape index (κ3) is 1.82. The van der Waals surface area contributed by atoms with Crippen LogP contribution in [0.3, 0.4) is 0 Å². The Morgan fingerprint density at radius 2 is 2.17 bits per heavy atom. The molecule has 0 atom stereocenters. The molecular formula is C13H14N2O3. The quantitative estimate of drug-likeness (QED) is 0.888. The van der Waals surface area contributed by atoms with Gasteiger partial charge in [0.05, 0.1) is 5.69 Å². The summed E-state index contributed by atoms with van der Waals surface area (Å²) in [5, 5.41) is 8.93. The SMILES string of the molecule is Cn1cc(CCO)nc1-c1ccc2c(c1)OCO2. The predicted molar refractivity (Wildman–Crippen MR) is 65.6 cm³/mol. The van der Waals surface area contributed by atoms with Crippen LogP contribution in [-0.4, -0.2) is 28.1 Å². The van der Waals surface area contributed by atoms with E-state index in [1.807, 2.05) is 36.0 Å². The summed E-state index contributed by atoms with van der Waals surface area (Å²) in [4.78, 5) is 4.50. The third-order valence-electron chi connectivity index (χ3n) is 2.92. The number of rotatable bonds is 3. The van der Waals surface area contributed by atoms with Crippen molar-refractivity contribution in [3.8, 4) is 22.9 Å². The number of aliphatic hydroxyl groups is 1. The Bertz CT molecular complexity index is 578. The maximum atomic E-state index is 8.93. The molecular weight excluding hydrogens is 232 g/mol. The van der Waals surface area contributed by atoms with Gasteiger partial charge in [-0.2, -0.15) is 0 Å². The van der Waals surface area contributed by atoms with Crippen molar-refractivity contribution in [2.75, 3.05) is 13.4 Å². The van der Waals surface area contributed by atoms with Gasteiger partial charge < -0.3 is 19.1 Å². The van der Waals surface area contributed by atoms with E-state index in [9.17, 15) is 0 Å². The molecule has 0 saturated carbocycles. The summed E-state index contributed by atoms with van der Waals surface area (Å²) in [6.07, 6.45) is 2.49. The van der Waals surface area contributed by atoms with Crippen LogP contribution in [0.15, 0.2) is 24.4 Å². The first kappa shape index (κ1) is 11.1. The molecule has 0 bridgehead atoms. The smallest absolute Gasteiger partial charge is 0.231 e. The highest BCUT2D eigenvalue weighted by atomic mass is 16.7. The third-order valence-corrected chi connectivity index (χ3v) is 2.92. The second-order valence-corrected chi connectivity index (χ2v) is 4.21. The van der Waals surface area contributed by atoms with Crippen molar-refractivity contribution in [3.63, 3.8) is 0 Å². The predicted octanol–water partition coefficient (Wildman–Crippen LogP) is 1.35. The number of ether oxygens (including phenoxy) is 2. The van der Waals surface area contributed by atoms with E-state index < -0.39 is 0 Å². The summed E-state index contributed by atoms with van der Waals surface area (Å²) >= 11 is 0. The summed E-state index contributed by atoms with van der Waals surface area (Å²) in [5.41, 5.74) is 1.86. The maximum Gasteiger partial charge on any atom is 0.231 e. The zero-order chi connectivity index (χ0) is 12.5. The van der Waals surface area contributed by atoms with Crippen molar-refractivity contribution in [2.45, 2.75) is 6.42 Å². The van der Waals surface area contributed by atoms with Crippen LogP contribution in [0.5, 0.6) is 11.5 Å². The Labute approximate surface area is 105 Å². The molecule has 1 aromatic heterocycles. The minimum absolute atomic E-state index is 0.109. The van der Waals surface area contributed by atoms with Gasteiger partial charge in [0, 0.05) is 31.8 Å². The molecule has 18 heavy (non-hydrogen) atoms. The van der Waals surface area contributed by atoms with E-state index in [4.69, 9.17) is 14.6 Å². The fraction of sp³-hybridized carbons (Fsp3) is 0.308. The van der Waals surface area contributed by atoms with Crippen molar-refractivity contribution < 1.29 is 14.6 Å². The first-order valence-corrected chi connectivity index (χ1v) is 5.81. The highest BCUT2D eigenvalue weighted by Crippen LogP contribution is 2.35. The molecule has 2 heterocycles. The van der Waals surface area contributed by atoms with Gasteiger partial charge in [0.15, 0.2) is 11.5 Å². The van der Waals surface area contributed by atoms with Crippen molar-refractivity contribution in [3.05, 3.63) is 30.1 Å². The molecule has 2 aromatic rings. The molecule has 94 valence electrons. The standard InChI is InChI=1S/C13H14N2O3/c1-15-7-10(4-5-16)14-13(15)9-2-3-11-12(6-9)18-8-17-11/h2-3,6-7,16H,4-5,8H2,1H3. The first-order chi connectivity index (χ1) is 8.78. The molecule has 5 nitrogen and oxygen atoms in total. The molecule has 0 amide bonds. The number of aryl methyl sites for hydroxylation is 1. The summed E-state index contributed by atoms with van der Waals surface area (Å²) in [6, 6.07) is 5.77. The van der Waals surface area contributed by atoms with Gasteiger partial charge in [0.2, 0.25) is 6.79 Å². The van der Waals surface area contributed by atoms with Gasteiger partial charge in [-0.15, -0.1) is 0 Å². The lowest BCUT2D eigenvalue weighted by molar-refractivity contribution is 0.174. The van der Waals surface area contributed by atoms with Crippen LogP contribution in [0.1, 0.15) is 5.69 Å².